The van der Waals surface area contributed by atoms with E-state index in [0.29, 0.717) is 42.3 Å². The molecule has 2 fully saturated rings. The summed E-state index contributed by atoms with van der Waals surface area (Å²) in [6.45, 7) is 4.50. The number of aromatic amines is 1. The van der Waals surface area contributed by atoms with Crippen molar-refractivity contribution in [3.63, 3.8) is 0 Å². The standard InChI is InChI=1S/C28H29N5O4/c1-16(34)30-23-10-17(8-9-29-23)25-26(31-18-6-4-3-5-7-18)24-21(32-25)12-28(2,13-22(24)35)27(36)33-14-20-11-19(33)15-37-20/h3-10,19-20,31-32H,11-15H2,1-2H3,(H,29,30,34)/t19-,20-,28?/m1/s1. The Morgan fingerprint density at radius 1 is 1.19 bits per heavy atom. The van der Waals surface area contributed by atoms with Crippen molar-refractivity contribution in [2.75, 3.05) is 23.8 Å². The first-order chi connectivity index (χ1) is 17.8. The Labute approximate surface area is 214 Å². The number of H-pyrrole nitrogens is 1. The number of amides is 2. The van der Waals surface area contributed by atoms with Gasteiger partial charge in [0.25, 0.3) is 0 Å². The molecule has 2 aliphatic heterocycles. The number of rotatable bonds is 5. The van der Waals surface area contributed by atoms with Gasteiger partial charge in [-0.3, -0.25) is 14.4 Å². The molecule has 1 aromatic carbocycles. The van der Waals surface area contributed by atoms with E-state index in [1.165, 1.54) is 6.92 Å². The molecule has 0 saturated carbocycles. The number of para-hydroxylation sites is 1. The maximum atomic E-state index is 13.7. The molecule has 3 aliphatic rings. The summed E-state index contributed by atoms with van der Waals surface area (Å²) >= 11 is 0. The van der Waals surface area contributed by atoms with Gasteiger partial charge >= 0.3 is 0 Å². The number of ketones is 1. The van der Waals surface area contributed by atoms with Crippen molar-refractivity contribution in [1.29, 1.82) is 0 Å². The average molecular weight is 500 g/mol. The molecule has 37 heavy (non-hydrogen) atoms. The number of anilines is 3. The third kappa shape index (κ3) is 4.19. The molecular weight excluding hydrogens is 470 g/mol. The van der Waals surface area contributed by atoms with Crippen LogP contribution in [0.15, 0.2) is 48.7 Å². The molecule has 1 aliphatic carbocycles. The Hall–Kier alpha value is -3.98. The summed E-state index contributed by atoms with van der Waals surface area (Å²) in [6.07, 6.45) is 3.16. The molecule has 1 unspecified atom stereocenters. The highest BCUT2D eigenvalue weighted by molar-refractivity contribution is 6.10. The zero-order valence-electron chi connectivity index (χ0n) is 20.8. The molecule has 6 rings (SSSR count). The van der Waals surface area contributed by atoms with Crippen LogP contribution in [0.4, 0.5) is 17.2 Å². The number of ether oxygens (including phenoxy) is 1. The summed E-state index contributed by atoms with van der Waals surface area (Å²) in [5.41, 5.74) is 3.46. The van der Waals surface area contributed by atoms with Gasteiger partial charge in [0, 0.05) is 49.5 Å². The number of carbonyl (C=O) groups is 3. The monoisotopic (exact) mass is 499 g/mol. The fraction of sp³-hybridized carbons (Fsp3) is 0.357. The second kappa shape index (κ2) is 8.85. The molecule has 3 atom stereocenters. The lowest BCUT2D eigenvalue weighted by Crippen LogP contribution is -2.51. The second-order valence-corrected chi connectivity index (χ2v) is 10.5. The van der Waals surface area contributed by atoms with Crippen LogP contribution in [0.5, 0.6) is 0 Å². The molecular formula is C28H29N5O4. The van der Waals surface area contributed by atoms with Crippen molar-refractivity contribution in [2.24, 2.45) is 5.41 Å². The molecule has 3 aromatic rings. The number of hydrogen-bond donors (Lipinski definition) is 3. The minimum Gasteiger partial charge on any atom is -0.374 e. The third-order valence-corrected chi connectivity index (χ3v) is 7.55. The first kappa shape index (κ1) is 23.4. The topological polar surface area (TPSA) is 116 Å². The lowest BCUT2D eigenvalue weighted by Gasteiger charge is -2.38. The quantitative estimate of drug-likeness (QED) is 0.490. The summed E-state index contributed by atoms with van der Waals surface area (Å²) in [4.78, 5) is 48.6. The van der Waals surface area contributed by atoms with Crippen molar-refractivity contribution >= 4 is 34.8 Å². The van der Waals surface area contributed by atoms with Gasteiger partial charge in [0.15, 0.2) is 5.78 Å². The van der Waals surface area contributed by atoms with Crippen LogP contribution in [0.3, 0.4) is 0 Å². The van der Waals surface area contributed by atoms with E-state index in [4.69, 9.17) is 4.74 Å². The highest BCUT2D eigenvalue weighted by Crippen LogP contribution is 2.45. The highest BCUT2D eigenvalue weighted by atomic mass is 16.5. The molecule has 2 bridgehead atoms. The van der Waals surface area contributed by atoms with Gasteiger partial charge in [-0.2, -0.15) is 0 Å². The molecule has 4 heterocycles. The fourth-order valence-corrected chi connectivity index (χ4v) is 5.88. The molecule has 9 heteroatoms. The smallest absolute Gasteiger partial charge is 0.229 e. The maximum Gasteiger partial charge on any atom is 0.229 e. The zero-order valence-corrected chi connectivity index (χ0v) is 20.8. The van der Waals surface area contributed by atoms with Gasteiger partial charge in [-0.15, -0.1) is 0 Å². The van der Waals surface area contributed by atoms with Crippen molar-refractivity contribution in [3.8, 4) is 11.3 Å². The predicted octanol–water partition coefficient (Wildman–Crippen LogP) is 3.91. The fourth-order valence-electron chi connectivity index (χ4n) is 5.88. The van der Waals surface area contributed by atoms with Gasteiger partial charge in [0.2, 0.25) is 11.8 Å². The Balaban J connectivity index is 1.40. The van der Waals surface area contributed by atoms with Crippen molar-refractivity contribution < 1.29 is 19.1 Å². The van der Waals surface area contributed by atoms with E-state index in [0.717, 1.165) is 23.4 Å². The van der Waals surface area contributed by atoms with Crippen LogP contribution in [-0.4, -0.2) is 57.8 Å². The van der Waals surface area contributed by atoms with E-state index >= 15 is 0 Å². The number of pyridine rings is 1. The lowest BCUT2D eigenvalue weighted by atomic mass is 9.73. The van der Waals surface area contributed by atoms with Crippen LogP contribution in [0, 0.1) is 5.41 Å². The van der Waals surface area contributed by atoms with Crippen LogP contribution >= 0.6 is 0 Å². The van der Waals surface area contributed by atoms with Crippen molar-refractivity contribution in [3.05, 3.63) is 59.9 Å². The Kier molecular flexibility index (Phi) is 5.60. The van der Waals surface area contributed by atoms with Crippen LogP contribution in [0.25, 0.3) is 11.3 Å². The predicted molar refractivity (Wildman–Crippen MR) is 139 cm³/mol. The minimum absolute atomic E-state index is 0.0212. The minimum atomic E-state index is -0.833. The highest BCUT2D eigenvalue weighted by Gasteiger charge is 2.50. The number of morpholine rings is 1. The summed E-state index contributed by atoms with van der Waals surface area (Å²) in [5.74, 6) is 0.145. The number of carbonyl (C=O) groups excluding carboxylic acids is 3. The SMILES string of the molecule is CC(=O)Nc1cc(-c2[nH]c3c(c2Nc2ccccc2)C(=O)CC(C)(C(=O)N2C[C@H]4C[C@@H]2CO4)C3)ccn1. The van der Waals surface area contributed by atoms with E-state index in [-0.39, 0.29) is 36.2 Å². The zero-order chi connectivity index (χ0) is 25.7. The number of benzene rings is 1. The largest absolute Gasteiger partial charge is 0.374 e. The summed E-state index contributed by atoms with van der Waals surface area (Å²) in [6, 6.07) is 13.3. The maximum absolute atomic E-state index is 13.7. The number of nitrogens with one attached hydrogen (secondary N) is 3. The van der Waals surface area contributed by atoms with Crippen molar-refractivity contribution in [1.82, 2.24) is 14.9 Å². The van der Waals surface area contributed by atoms with Crippen LogP contribution in [0.2, 0.25) is 0 Å². The normalized spacial score (nSPS) is 24.2. The number of hydrogen-bond acceptors (Lipinski definition) is 6. The Morgan fingerprint density at radius 3 is 2.70 bits per heavy atom. The van der Waals surface area contributed by atoms with Crippen LogP contribution in [-0.2, 0) is 20.7 Å². The van der Waals surface area contributed by atoms with Crippen LogP contribution in [0.1, 0.15) is 42.7 Å². The molecule has 2 amide bonds. The number of aromatic nitrogens is 2. The van der Waals surface area contributed by atoms with Crippen LogP contribution < -0.4 is 10.6 Å². The first-order valence-corrected chi connectivity index (χ1v) is 12.6. The van der Waals surface area contributed by atoms with Crippen molar-refractivity contribution in [2.45, 2.75) is 45.3 Å². The molecule has 2 aromatic heterocycles. The number of likely N-dealkylation sites (tertiary alicyclic amines) is 1. The van der Waals surface area contributed by atoms with Gasteiger partial charge in [0.1, 0.15) is 5.82 Å². The van der Waals surface area contributed by atoms with E-state index < -0.39 is 5.41 Å². The molecule has 0 spiro atoms. The number of Topliss-reactive ketones (excluding diaryl/α,β-unsaturated/α-hetero) is 1. The van der Waals surface area contributed by atoms with Gasteiger partial charge in [-0.25, -0.2) is 4.98 Å². The van der Waals surface area contributed by atoms with Gasteiger partial charge in [-0.1, -0.05) is 18.2 Å². The van der Waals surface area contributed by atoms with Gasteiger partial charge in [-0.05, 0) is 37.6 Å². The third-order valence-electron chi connectivity index (χ3n) is 7.55. The Morgan fingerprint density at radius 2 is 2.00 bits per heavy atom. The van der Waals surface area contributed by atoms with E-state index in [1.807, 2.05) is 48.2 Å². The van der Waals surface area contributed by atoms with E-state index in [1.54, 1.807) is 12.3 Å². The molecule has 3 N–H and O–H groups in total. The summed E-state index contributed by atoms with van der Waals surface area (Å²) in [5, 5.41) is 6.15. The van der Waals surface area contributed by atoms with Gasteiger partial charge < -0.3 is 25.3 Å². The number of nitrogens with zero attached hydrogens (tertiary/aromatic N) is 2. The molecule has 0 radical (unpaired) electrons. The first-order valence-electron chi connectivity index (χ1n) is 12.6. The number of fused-ring (bicyclic) bond motifs is 3. The van der Waals surface area contributed by atoms with Gasteiger partial charge in [0.05, 0.1) is 41.1 Å². The molecule has 2 saturated heterocycles. The van der Waals surface area contributed by atoms with E-state index in [2.05, 4.69) is 20.6 Å². The lowest BCUT2D eigenvalue weighted by molar-refractivity contribution is -0.146. The average Bonchev–Trinajstić information content (AvgIpc) is 3.59. The summed E-state index contributed by atoms with van der Waals surface area (Å²) < 4.78 is 5.68. The summed E-state index contributed by atoms with van der Waals surface area (Å²) in [7, 11) is 0. The van der Waals surface area contributed by atoms with E-state index in [9.17, 15) is 14.4 Å². The molecule has 190 valence electrons. The Bertz CT molecular complexity index is 1400. The molecule has 9 nitrogen and oxygen atoms in total. The second-order valence-electron chi connectivity index (χ2n) is 10.5.